The number of rotatable bonds is 4. The van der Waals surface area contributed by atoms with E-state index in [0.29, 0.717) is 22.4 Å². The Balaban J connectivity index is 1.77. The quantitative estimate of drug-likeness (QED) is 0.660. The summed E-state index contributed by atoms with van der Waals surface area (Å²) in [4.78, 5) is 4.34. The van der Waals surface area contributed by atoms with Gasteiger partial charge in [-0.05, 0) is 43.3 Å². The number of ether oxygens (including phenoxy) is 1. The van der Waals surface area contributed by atoms with Gasteiger partial charge in [-0.25, -0.2) is 13.8 Å². The van der Waals surface area contributed by atoms with Gasteiger partial charge in [-0.15, -0.1) is 0 Å². The van der Waals surface area contributed by atoms with E-state index in [1.54, 1.807) is 31.2 Å². The minimum Gasteiger partial charge on any atom is -0.484 e. The Labute approximate surface area is 136 Å². The molecule has 0 aliphatic carbocycles. The van der Waals surface area contributed by atoms with Crippen molar-refractivity contribution in [3.63, 3.8) is 0 Å². The summed E-state index contributed by atoms with van der Waals surface area (Å²) in [5.41, 5.74) is 1.32. The minimum atomic E-state index is -0.760. The van der Waals surface area contributed by atoms with E-state index in [0.717, 1.165) is 17.7 Å². The summed E-state index contributed by atoms with van der Waals surface area (Å²) in [6, 6.07) is 10.2. The Bertz CT molecular complexity index is 831. The van der Waals surface area contributed by atoms with Gasteiger partial charge in [0.25, 0.3) is 0 Å². The summed E-state index contributed by atoms with van der Waals surface area (Å²) in [6.07, 6.45) is 0. The number of aromatic nitrogens is 1. The Morgan fingerprint density at radius 3 is 2.57 bits per heavy atom. The van der Waals surface area contributed by atoms with Gasteiger partial charge in [0.05, 0.1) is 0 Å². The molecule has 1 heterocycles. The van der Waals surface area contributed by atoms with E-state index in [9.17, 15) is 8.78 Å². The highest BCUT2D eigenvalue weighted by molar-refractivity contribution is 6.30. The largest absolute Gasteiger partial charge is 0.484 e. The molecule has 3 nitrogen and oxygen atoms in total. The third-order valence-corrected chi connectivity index (χ3v) is 3.49. The first-order valence-electron chi connectivity index (χ1n) is 6.83. The molecule has 0 N–H and O–H groups in total. The Kier molecular flexibility index (Phi) is 4.30. The molecule has 0 radical (unpaired) electrons. The monoisotopic (exact) mass is 335 g/mol. The predicted molar refractivity (Wildman–Crippen MR) is 82.4 cm³/mol. The molecule has 0 aliphatic rings. The smallest absolute Gasteiger partial charge is 0.226 e. The highest BCUT2D eigenvalue weighted by atomic mass is 35.5. The second kappa shape index (κ2) is 6.38. The zero-order valence-electron chi connectivity index (χ0n) is 12.1. The van der Waals surface area contributed by atoms with Gasteiger partial charge in [0.2, 0.25) is 5.89 Å². The minimum absolute atomic E-state index is 0.0193. The molecule has 0 spiro atoms. The summed E-state index contributed by atoms with van der Waals surface area (Å²) in [5.74, 6) is -0.460. The lowest BCUT2D eigenvalue weighted by Crippen LogP contribution is -1.99. The third kappa shape index (κ3) is 3.51. The summed E-state index contributed by atoms with van der Waals surface area (Å²) >= 11 is 5.85. The van der Waals surface area contributed by atoms with Gasteiger partial charge >= 0.3 is 0 Å². The van der Waals surface area contributed by atoms with Gasteiger partial charge in [0.1, 0.15) is 23.9 Å². The van der Waals surface area contributed by atoms with E-state index in [-0.39, 0.29) is 12.4 Å². The van der Waals surface area contributed by atoms with Crippen molar-refractivity contribution in [3.8, 4) is 17.2 Å². The molecule has 0 bridgehead atoms. The molecule has 0 unspecified atom stereocenters. The first-order chi connectivity index (χ1) is 11.0. The van der Waals surface area contributed by atoms with Crippen molar-refractivity contribution in [2.75, 3.05) is 0 Å². The van der Waals surface area contributed by atoms with Crippen LogP contribution in [-0.4, -0.2) is 4.98 Å². The van der Waals surface area contributed by atoms with E-state index in [1.165, 1.54) is 6.07 Å². The van der Waals surface area contributed by atoms with Gasteiger partial charge in [0.15, 0.2) is 11.6 Å². The van der Waals surface area contributed by atoms with Crippen LogP contribution in [0.1, 0.15) is 11.5 Å². The molecule has 0 amide bonds. The average Bonchev–Trinajstić information content (AvgIpc) is 2.88. The van der Waals surface area contributed by atoms with Crippen LogP contribution in [0.3, 0.4) is 0 Å². The normalized spacial score (nSPS) is 10.8. The molecule has 1 aromatic heterocycles. The second-order valence-electron chi connectivity index (χ2n) is 4.89. The second-order valence-corrected chi connectivity index (χ2v) is 5.33. The molecule has 0 saturated carbocycles. The summed E-state index contributed by atoms with van der Waals surface area (Å²) in [6.45, 7) is 1.76. The molecule has 0 fully saturated rings. The standard InChI is InChI=1S/C17H12ClF2NO2/c1-10-15(9-22-16-7-6-13(19)8-14(16)20)21-17(23-10)11-2-4-12(18)5-3-11/h2-8H,9H2,1H3. The Morgan fingerprint density at radius 2 is 1.87 bits per heavy atom. The SMILES string of the molecule is Cc1oc(-c2ccc(Cl)cc2)nc1COc1ccc(F)cc1F. The average molecular weight is 336 g/mol. The van der Waals surface area contributed by atoms with E-state index in [2.05, 4.69) is 4.98 Å². The zero-order valence-corrected chi connectivity index (χ0v) is 12.9. The molecule has 3 aromatic rings. The molecule has 0 aliphatic heterocycles. The number of aryl methyl sites for hydroxylation is 1. The van der Waals surface area contributed by atoms with E-state index >= 15 is 0 Å². The first-order valence-corrected chi connectivity index (χ1v) is 7.21. The van der Waals surface area contributed by atoms with Gasteiger partial charge in [0, 0.05) is 16.7 Å². The van der Waals surface area contributed by atoms with Crippen molar-refractivity contribution in [1.82, 2.24) is 4.98 Å². The lowest BCUT2D eigenvalue weighted by Gasteiger charge is -2.05. The van der Waals surface area contributed by atoms with E-state index in [4.69, 9.17) is 20.8 Å². The number of hydrogen-bond acceptors (Lipinski definition) is 3. The van der Waals surface area contributed by atoms with Crippen molar-refractivity contribution >= 4 is 11.6 Å². The van der Waals surface area contributed by atoms with Crippen LogP contribution in [0.15, 0.2) is 46.9 Å². The maximum atomic E-state index is 13.5. The topological polar surface area (TPSA) is 35.3 Å². The van der Waals surface area contributed by atoms with Crippen molar-refractivity contribution in [1.29, 1.82) is 0 Å². The van der Waals surface area contributed by atoms with Gasteiger partial charge in [-0.1, -0.05) is 11.6 Å². The highest BCUT2D eigenvalue weighted by Gasteiger charge is 2.13. The van der Waals surface area contributed by atoms with Crippen molar-refractivity contribution < 1.29 is 17.9 Å². The van der Waals surface area contributed by atoms with Gasteiger partial charge in [-0.3, -0.25) is 0 Å². The maximum Gasteiger partial charge on any atom is 0.226 e. The molecule has 0 atom stereocenters. The Hall–Kier alpha value is -2.40. The molecule has 2 aromatic carbocycles. The van der Waals surface area contributed by atoms with Crippen LogP contribution in [0.2, 0.25) is 5.02 Å². The predicted octanol–water partition coefficient (Wildman–Crippen LogP) is 5.16. The van der Waals surface area contributed by atoms with Crippen LogP contribution in [0.4, 0.5) is 8.78 Å². The fourth-order valence-corrected chi connectivity index (χ4v) is 2.14. The number of hydrogen-bond donors (Lipinski definition) is 0. The lowest BCUT2D eigenvalue weighted by molar-refractivity contribution is 0.283. The summed E-state index contributed by atoms with van der Waals surface area (Å²) < 4.78 is 37.3. The number of nitrogens with zero attached hydrogens (tertiary/aromatic N) is 1. The maximum absolute atomic E-state index is 13.5. The number of benzene rings is 2. The fourth-order valence-electron chi connectivity index (χ4n) is 2.02. The van der Waals surface area contributed by atoms with E-state index < -0.39 is 11.6 Å². The number of oxazole rings is 1. The van der Waals surface area contributed by atoms with Crippen molar-refractivity contribution in [3.05, 3.63) is 70.6 Å². The molecule has 118 valence electrons. The molecule has 0 saturated heterocycles. The Morgan fingerprint density at radius 1 is 1.13 bits per heavy atom. The van der Waals surface area contributed by atoms with Crippen molar-refractivity contribution in [2.45, 2.75) is 13.5 Å². The van der Waals surface area contributed by atoms with Crippen LogP contribution in [0.5, 0.6) is 5.75 Å². The van der Waals surface area contributed by atoms with Crippen LogP contribution in [-0.2, 0) is 6.61 Å². The first kappa shape index (κ1) is 15.5. The molecule has 6 heteroatoms. The van der Waals surface area contributed by atoms with Gasteiger partial charge < -0.3 is 9.15 Å². The fraction of sp³-hybridized carbons (Fsp3) is 0.118. The molecular formula is C17H12ClF2NO2. The number of halogens is 3. The molecular weight excluding hydrogens is 324 g/mol. The summed E-state index contributed by atoms with van der Waals surface area (Å²) in [7, 11) is 0. The highest BCUT2D eigenvalue weighted by Crippen LogP contribution is 2.25. The van der Waals surface area contributed by atoms with Crippen LogP contribution >= 0.6 is 11.6 Å². The van der Waals surface area contributed by atoms with Gasteiger partial charge in [-0.2, -0.15) is 0 Å². The van der Waals surface area contributed by atoms with Crippen LogP contribution in [0.25, 0.3) is 11.5 Å². The molecule has 3 rings (SSSR count). The van der Waals surface area contributed by atoms with Crippen LogP contribution in [0, 0.1) is 18.6 Å². The van der Waals surface area contributed by atoms with Crippen molar-refractivity contribution in [2.24, 2.45) is 0 Å². The summed E-state index contributed by atoms with van der Waals surface area (Å²) in [5, 5.41) is 0.618. The van der Waals surface area contributed by atoms with Crippen LogP contribution < -0.4 is 4.74 Å². The lowest BCUT2D eigenvalue weighted by atomic mass is 10.2. The van der Waals surface area contributed by atoms with E-state index in [1.807, 2.05) is 0 Å². The molecule has 23 heavy (non-hydrogen) atoms. The third-order valence-electron chi connectivity index (χ3n) is 3.24. The zero-order chi connectivity index (χ0) is 16.4.